The van der Waals surface area contributed by atoms with E-state index in [1.807, 2.05) is 25.1 Å². The topological polar surface area (TPSA) is 66.5 Å². The van der Waals surface area contributed by atoms with Crippen molar-refractivity contribution in [2.24, 2.45) is 0 Å². The molecule has 0 bridgehead atoms. The SMILES string of the molecule is Cc1cc(Cc2ccc(O)c(N)c2)ccc1O. The van der Waals surface area contributed by atoms with Gasteiger partial charge in [0.15, 0.2) is 0 Å². The number of aryl methyl sites for hydroxylation is 1. The van der Waals surface area contributed by atoms with Gasteiger partial charge in [0.2, 0.25) is 0 Å². The summed E-state index contributed by atoms with van der Waals surface area (Å²) in [5, 5.41) is 18.8. The number of aromatic hydroxyl groups is 2. The van der Waals surface area contributed by atoms with Gasteiger partial charge in [0.25, 0.3) is 0 Å². The van der Waals surface area contributed by atoms with Crippen LogP contribution in [0.25, 0.3) is 0 Å². The lowest BCUT2D eigenvalue weighted by molar-refractivity contribution is 0.471. The molecule has 0 amide bonds. The van der Waals surface area contributed by atoms with Crippen molar-refractivity contribution in [3.8, 4) is 11.5 Å². The summed E-state index contributed by atoms with van der Waals surface area (Å²) in [5.74, 6) is 0.412. The zero-order valence-electron chi connectivity index (χ0n) is 9.64. The van der Waals surface area contributed by atoms with Crippen LogP contribution in [0.3, 0.4) is 0 Å². The monoisotopic (exact) mass is 229 g/mol. The second-order valence-electron chi connectivity index (χ2n) is 4.19. The molecule has 4 N–H and O–H groups in total. The van der Waals surface area contributed by atoms with Crippen LogP contribution in [0, 0.1) is 6.92 Å². The molecule has 88 valence electrons. The minimum atomic E-state index is 0.107. The van der Waals surface area contributed by atoms with E-state index in [1.54, 1.807) is 18.2 Å². The Kier molecular flexibility index (Phi) is 2.91. The van der Waals surface area contributed by atoms with Gasteiger partial charge in [-0.3, -0.25) is 0 Å². The van der Waals surface area contributed by atoms with E-state index in [0.717, 1.165) is 23.1 Å². The Bertz CT molecular complexity index is 500. The molecule has 0 unspecified atom stereocenters. The maximum atomic E-state index is 9.44. The number of hydrogen-bond donors (Lipinski definition) is 3. The van der Waals surface area contributed by atoms with Gasteiger partial charge in [0.1, 0.15) is 11.5 Å². The summed E-state index contributed by atoms with van der Waals surface area (Å²) in [7, 11) is 0. The Balaban J connectivity index is 2.25. The highest BCUT2D eigenvalue weighted by atomic mass is 16.3. The number of phenols is 2. The van der Waals surface area contributed by atoms with E-state index in [-0.39, 0.29) is 5.75 Å². The van der Waals surface area contributed by atoms with Crippen molar-refractivity contribution in [1.29, 1.82) is 0 Å². The fourth-order valence-corrected chi connectivity index (χ4v) is 1.78. The molecule has 2 rings (SSSR count). The van der Waals surface area contributed by atoms with Gasteiger partial charge in [0, 0.05) is 0 Å². The van der Waals surface area contributed by atoms with Crippen LogP contribution in [0.5, 0.6) is 11.5 Å². The summed E-state index contributed by atoms with van der Waals surface area (Å²) >= 11 is 0. The normalized spacial score (nSPS) is 10.4. The summed E-state index contributed by atoms with van der Waals surface area (Å²) in [6.07, 6.45) is 0.728. The van der Waals surface area contributed by atoms with E-state index >= 15 is 0 Å². The van der Waals surface area contributed by atoms with E-state index in [2.05, 4.69) is 0 Å². The van der Waals surface area contributed by atoms with Gasteiger partial charge in [-0.25, -0.2) is 0 Å². The molecular weight excluding hydrogens is 214 g/mol. The zero-order valence-corrected chi connectivity index (χ0v) is 9.64. The maximum Gasteiger partial charge on any atom is 0.138 e. The molecule has 0 spiro atoms. The van der Waals surface area contributed by atoms with Crippen LogP contribution in [-0.2, 0) is 6.42 Å². The predicted octanol–water partition coefficient (Wildman–Crippen LogP) is 2.58. The van der Waals surface area contributed by atoms with Gasteiger partial charge in [-0.1, -0.05) is 18.2 Å². The van der Waals surface area contributed by atoms with Crippen LogP contribution in [0.2, 0.25) is 0 Å². The number of rotatable bonds is 2. The zero-order chi connectivity index (χ0) is 12.4. The molecule has 0 heterocycles. The Morgan fingerprint density at radius 1 is 0.941 bits per heavy atom. The van der Waals surface area contributed by atoms with E-state index < -0.39 is 0 Å². The first-order valence-electron chi connectivity index (χ1n) is 5.42. The van der Waals surface area contributed by atoms with Crippen LogP contribution < -0.4 is 5.73 Å². The maximum absolute atomic E-state index is 9.44. The smallest absolute Gasteiger partial charge is 0.138 e. The standard InChI is InChI=1S/C14H15NO2/c1-9-6-10(2-4-13(9)16)7-11-3-5-14(17)12(15)8-11/h2-6,8,16-17H,7,15H2,1H3. The van der Waals surface area contributed by atoms with E-state index in [9.17, 15) is 10.2 Å². The minimum absolute atomic E-state index is 0.107. The highest BCUT2D eigenvalue weighted by Gasteiger charge is 2.02. The fraction of sp³-hybridized carbons (Fsp3) is 0.143. The number of hydrogen-bond acceptors (Lipinski definition) is 3. The molecule has 0 aliphatic rings. The number of nitrogens with two attached hydrogens (primary N) is 1. The van der Waals surface area contributed by atoms with Gasteiger partial charge >= 0.3 is 0 Å². The molecule has 0 aliphatic heterocycles. The molecule has 0 saturated carbocycles. The Labute approximate surface area is 100 Å². The van der Waals surface area contributed by atoms with Crippen LogP contribution in [0.4, 0.5) is 5.69 Å². The van der Waals surface area contributed by atoms with E-state index in [1.165, 1.54) is 0 Å². The predicted molar refractivity (Wildman–Crippen MR) is 68.2 cm³/mol. The summed E-state index contributed by atoms with van der Waals surface area (Å²) in [6, 6.07) is 10.7. The third-order valence-electron chi connectivity index (χ3n) is 2.76. The number of benzene rings is 2. The molecule has 0 saturated heterocycles. The summed E-state index contributed by atoms with van der Waals surface area (Å²) in [4.78, 5) is 0. The second-order valence-corrected chi connectivity index (χ2v) is 4.19. The molecule has 0 radical (unpaired) electrons. The first kappa shape index (κ1) is 11.3. The lowest BCUT2D eigenvalue weighted by Crippen LogP contribution is -1.92. The lowest BCUT2D eigenvalue weighted by atomic mass is 10.0. The molecular formula is C14H15NO2. The third-order valence-corrected chi connectivity index (χ3v) is 2.76. The van der Waals surface area contributed by atoms with Crippen LogP contribution in [-0.4, -0.2) is 10.2 Å². The van der Waals surface area contributed by atoms with Gasteiger partial charge < -0.3 is 15.9 Å². The van der Waals surface area contributed by atoms with Crippen molar-refractivity contribution in [2.75, 3.05) is 5.73 Å². The minimum Gasteiger partial charge on any atom is -0.508 e. The summed E-state index contributed by atoms with van der Waals surface area (Å²) in [5.41, 5.74) is 9.02. The van der Waals surface area contributed by atoms with Crippen molar-refractivity contribution in [3.63, 3.8) is 0 Å². The molecule has 3 heteroatoms. The lowest BCUT2D eigenvalue weighted by Gasteiger charge is -2.06. The van der Waals surface area contributed by atoms with Crippen molar-refractivity contribution in [1.82, 2.24) is 0 Å². The van der Waals surface area contributed by atoms with Crippen molar-refractivity contribution in [2.45, 2.75) is 13.3 Å². The quantitative estimate of drug-likeness (QED) is 0.547. The Hall–Kier alpha value is -2.16. The highest BCUT2D eigenvalue weighted by molar-refractivity contribution is 5.54. The molecule has 17 heavy (non-hydrogen) atoms. The molecule has 0 aromatic heterocycles. The Morgan fingerprint density at radius 3 is 2.12 bits per heavy atom. The summed E-state index contributed by atoms with van der Waals surface area (Å²) in [6.45, 7) is 1.87. The molecule has 0 fully saturated rings. The second kappa shape index (κ2) is 4.37. The van der Waals surface area contributed by atoms with Crippen molar-refractivity contribution < 1.29 is 10.2 Å². The average Bonchev–Trinajstić information content (AvgIpc) is 2.29. The first-order chi connectivity index (χ1) is 8.06. The highest BCUT2D eigenvalue weighted by Crippen LogP contribution is 2.23. The fourth-order valence-electron chi connectivity index (χ4n) is 1.78. The van der Waals surface area contributed by atoms with Gasteiger partial charge in [0.05, 0.1) is 5.69 Å². The largest absolute Gasteiger partial charge is 0.508 e. The average molecular weight is 229 g/mol. The van der Waals surface area contributed by atoms with Gasteiger partial charge in [-0.05, 0) is 48.2 Å². The van der Waals surface area contributed by atoms with Crippen molar-refractivity contribution >= 4 is 5.69 Å². The molecule has 0 aliphatic carbocycles. The number of phenolic OH excluding ortho intramolecular Hbond substituents is 2. The van der Waals surface area contributed by atoms with Crippen LogP contribution in [0.1, 0.15) is 16.7 Å². The van der Waals surface area contributed by atoms with E-state index in [4.69, 9.17) is 5.73 Å². The molecule has 2 aromatic carbocycles. The number of anilines is 1. The molecule has 2 aromatic rings. The van der Waals surface area contributed by atoms with Crippen LogP contribution in [0.15, 0.2) is 36.4 Å². The van der Waals surface area contributed by atoms with Gasteiger partial charge in [-0.15, -0.1) is 0 Å². The van der Waals surface area contributed by atoms with E-state index in [0.29, 0.717) is 11.4 Å². The van der Waals surface area contributed by atoms with Gasteiger partial charge in [-0.2, -0.15) is 0 Å². The van der Waals surface area contributed by atoms with Crippen molar-refractivity contribution in [3.05, 3.63) is 53.1 Å². The third kappa shape index (κ3) is 2.50. The summed E-state index contributed by atoms with van der Waals surface area (Å²) < 4.78 is 0. The number of nitrogen functional groups attached to an aromatic ring is 1. The Morgan fingerprint density at radius 2 is 1.53 bits per heavy atom. The first-order valence-corrected chi connectivity index (χ1v) is 5.42. The molecule has 0 atom stereocenters. The molecule has 3 nitrogen and oxygen atoms in total. The van der Waals surface area contributed by atoms with Crippen LogP contribution >= 0.6 is 0 Å².